The van der Waals surface area contributed by atoms with E-state index in [1.54, 1.807) is 20.8 Å². The number of hydrogen-bond donors (Lipinski definition) is 0. The van der Waals surface area contributed by atoms with Gasteiger partial charge in [-0.05, 0) is 47.5 Å². The normalized spacial score (nSPS) is 24.8. The number of methoxy groups -OCH3 is 1. The van der Waals surface area contributed by atoms with Gasteiger partial charge in [-0.15, -0.1) is 0 Å². The lowest BCUT2D eigenvalue weighted by Crippen LogP contribution is -2.62. The van der Waals surface area contributed by atoms with Crippen LogP contribution in [-0.4, -0.2) is 52.8 Å². The molecule has 1 aliphatic rings. The summed E-state index contributed by atoms with van der Waals surface area (Å²) in [5.41, 5.74) is -2.62. The molecule has 2 unspecified atom stereocenters. The Hall–Kier alpha value is -1.92. The summed E-state index contributed by atoms with van der Waals surface area (Å²) < 4.78 is 9.99. The highest BCUT2D eigenvalue weighted by molar-refractivity contribution is 6.11. The van der Waals surface area contributed by atoms with E-state index in [9.17, 15) is 19.2 Å². The number of ketones is 2. The Kier molecular flexibility index (Phi) is 4.99. The average molecular weight is 313 g/mol. The predicted molar refractivity (Wildman–Crippen MR) is 77.2 cm³/mol. The minimum Gasteiger partial charge on any atom is -0.467 e. The van der Waals surface area contributed by atoms with Gasteiger partial charge >= 0.3 is 12.1 Å². The van der Waals surface area contributed by atoms with Crippen LogP contribution in [0.15, 0.2) is 0 Å². The number of carbonyl (C=O) groups excluding carboxylic acids is 4. The van der Waals surface area contributed by atoms with Crippen LogP contribution in [-0.2, 0) is 23.9 Å². The number of likely N-dealkylation sites (tertiary alicyclic amines) is 1. The Morgan fingerprint density at radius 3 is 2.05 bits per heavy atom. The number of Topliss-reactive ketones (excluding diaryl/α,β-unsaturated/α-hetero) is 2. The molecule has 1 aliphatic heterocycles. The maximum absolute atomic E-state index is 12.5. The molecule has 22 heavy (non-hydrogen) atoms. The van der Waals surface area contributed by atoms with Crippen molar-refractivity contribution in [2.75, 3.05) is 7.11 Å². The van der Waals surface area contributed by atoms with Crippen molar-refractivity contribution in [1.29, 1.82) is 0 Å². The maximum atomic E-state index is 12.5. The number of esters is 1. The second-order valence-electron chi connectivity index (χ2n) is 6.42. The van der Waals surface area contributed by atoms with Gasteiger partial charge in [0.2, 0.25) is 5.54 Å². The van der Waals surface area contributed by atoms with Gasteiger partial charge in [0.15, 0.2) is 11.6 Å². The van der Waals surface area contributed by atoms with E-state index in [-0.39, 0.29) is 18.6 Å². The Morgan fingerprint density at radius 2 is 1.68 bits per heavy atom. The van der Waals surface area contributed by atoms with Gasteiger partial charge in [0.05, 0.1) is 13.2 Å². The molecule has 7 heteroatoms. The first-order chi connectivity index (χ1) is 9.97. The van der Waals surface area contributed by atoms with Crippen LogP contribution in [0.5, 0.6) is 0 Å². The van der Waals surface area contributed by atoms with Crippen LogP contribution >= 0.6 is 0 Å². The van der Waals surface area contributed by atoms with Crippen LogP contribution in [0.4, 0.5) is 4.79 Å². The van der Waals surface area contributed by atoms with Crippen molar-refractivity contribution < 1.29 is 28.7 Å². The molecule has 0 aromatic heterocycles. The molecular weight excluding hydrogens is 290 g/mol. The second kappa shape index (κ2) is 6.06. The lowest BCUT2D eigenvalue weighted by atomic mass is 9.92. The minimum absolute atomic E-state index is 0.0402. The molecule has 1 rings (SSSR count). The summed E-state index contributed by atoms with van der Waals surface area (Å²) in [6, 6.07) is -0.877. The maximum Gasteiger partial charge on any atom is 0.412 e. The van der Waals surface area contributed by atoms with Gasteiger partial charge in [-0.1, -0.05) is 0 Å². The van der Waals surface area contributed by atoms with Gasteiger partial charge in [-0.2, -0.15) is 0 Å². The van der Waals surface area contributed by atoms with E-state index in [4.69, 9.17) is 9.47 Å². The van der Waals surface area contributed by atoms with Gasteiger partial charge in [-0.25, -0.2) is 9.59 Å². The highest BCUT2D eigenvalue weighted by Gasteiger charge is 2.60. The Morgan fingerprint density at radius 1 is 1.14 bits per heavy atom. The van der Waals surface area contributed by atoms with Gasteiger partial charge in [-0.3, -0.25) is 14.5 Å². The number of nitrogens with zero attached hydrogens (tertiary/aromatic N) is 1. The fraction of sp³-hybridized carbons (Fsp3) is 0.733. The largest absolute Gasteiger partial charge is 0.467 e. The van der Waals surface area contributed by atoms with Gasteiger partial charge in [0, 0.05) is 0 Å². The van der Waals surface area contributed by atoms with Crippen molar-refractivity contribution in [3.8, 4) is 0 Å². The standard InChI is InChI=1S/C15H23NO6/c1-9(17)11-7-8-15(10(2)18,12(19)21-6)16(11)13(20)22-14(3,4)5/h11H,7-8H2,1-6H3. The van der Waals surface area contributed by atoms with Crippen molar-refractivity contribution in [3.63, 3.8) is 0 Å². The molecule has 1 heterocycles. The third-order valence-corrected chi connectivity index (χ3v) is 3.67. The quantitative estimate of drug-likeness (QED) is 0.579. The Labute approximate surface area is 129 Å². The van der Waals surface area contributed by atoms with Crippen molar-refractivity contribution >= 4 is 23.6 Å². The zero-order valence-corrected chi connectivity index (χ0v) is 13.9. The van der Waals surface area contributed by atoms with E-state index in [1.807, 2.05) is 0 Å². The van der Waals surface area contributed by atoms with Gasteiger partial charge in [0.25, 0.3) is 0 Å². The molecule has 7 nitrogen and oxygen atoms in total. The van der Waals surface area contributed by atoms with Crippen LogP contribution in [0.3, 0.4) is 0 Å². The third kappa shape index (κ3) is 3.13. The van der Waals surface area contributed by atoms with E-state index >= 15 is 0 Å². The molecule has 0 radical (unpaired) electrons. The summed E-state index contributed by atoms with van der Waals surface area (Å²) in [5.74, 6) is -1.71. The number of carbonyl (C=O) groups is 4. The summed E-state index contributed by atoms with van der Waals surface area (Å²) in [5, 5.41) is 0. The van der Waals surface area contributed by atoms with Crippen molar-refractivity contribution in [2.24, 2.45) is 0 Å². The summed E-state index contributed by atoms with van der Waals surface area (Å²) in [6.45, 7) is 7.51. The van der Waals surface area contributed by atoms with Crippen LogP contribution < -0.4 is 0 Å². The lowest BCUT2D eigenvalue weighted by molar-refractivity contribution is -0.159. The van der Waals surface area contributed by atoms with Crippen LogP contribution in [0.2, 0.25) is 0 Å². The smallest absolute Gasteiger partial charge is 0.412 e. The van der Waals surface area contributed by atoms with Crippen molar-refractivity contribution in [1.82, 2.24) is 4.90 Å². The van der Waals surface area contributed by atoms with Gasteiger partial charge < -0.3 is 9.47 Å². The topological polar surface area (TPSA) is 90.0 Å². The molecule has 2 atom stereocenters. The number of hydrogen-bond acceptors (Lipinski definition) is 6. The highest BCUT2D eigenvalue weighted by Crippen LogP contribution is 2.37. The minimum atomic E-state index is -1.80. The monoisotopic (exact) mass is 313 g/mol. The third-order valence-electron chi connectivity index (χ3n) is 3.67. The molecule has 124 valence electrons. The zero-order chi connectivity index (χ0) is 17.3. The van der Waals surface area contributed by atoms with E-state index in [0.29, 0.717) is 0 Å². The van der Waals surface area contributed by atoms with E-state index in [2.05, 4.69) is 0 Å². The molecule has 0 bridgehead atoms. The molecule has 0 aromatic rings. The average Bonchev–Trinajstić information content (AvgIpc) is 2.77. The predicted octanol–water partition coefficient (Wildman–Crippen LogP) is 1.48. The van der Waals surface area contributed by atoms with E-state index in [1.165, 1.54) is 13.8 Å². The summed E-state index contributed by atoms with van der Waals surface area (Å²) in [6.07, 6.45) is -0.618. The summed E-state index contributed by atoms with van der Waals surface area (Å²) in [4.78, 5) is 49.7. The Bertz CT molecular complexity index is 507. The molecular formula is C15H23NO6. The molecule has 0 aromatic carbocycles. The second-order valence-corrected chi connectivity index (χ2v) is 6.42. The first-order valence-corrected chi connectivity index (χ1v) is 7.09. The van der Waals surface area contributed by atoms with Crippen LogP contribution in [0.1, 0.15) is 47.5 Å². The lowest BCUT2D eigenvalue weighted by Gasteiger charge is -2.37. The van der Waals surface area contributed by atoms with E-state index < -0.39 is 35.0 Å². The molecule has 0 saturated carbocycles. The molecule has 1 saturated heterocycles. The first kappa shape index (κ1) is 18.1. The van der Waals surface area contributed by atoms with Crippen LogP contribution in [0.25, 0.3) is 0 Å². The first-order valence-electron chi connectivity index (χ1n) is 7.09. The molecule has 0 aliphatic carbocycles. The van der Waals surface area contributed by atoms with Crippen molar-refractivity contribution in [2.45, 2.75) is 64.6 Å². The zero-order valence-electron chi connectivity index (χ0n) is 13.9. The molecule has 1 fully saturated rings. The number of ether oxygens (including phenoxy) is 2. The molecule has 0 spiro atoms. The molecule has 1 amide bonds. The van der Waals surface area contributed by atoms with Crippen molar-refractivity contribution in [3.05, 3.63) is 0 Å². The summed E-state index contributed by atoms with van der Waals surface area (Å²) >= 11 is 0. The highest BCUT2D eigenvalue weighted by atomic mass is 16.6. The summed E-state index contributed by atoms with van der Waals surface area (Å²) in [7, 11) is 1.14. The number of rotatable bonds is 3. The van der Waals surface area contributed by atoms with E-state index in [0.717, 1.165) is 12.0 Å². The molecule has 0 N–H and O–H groups in total. The fourth-order valence-corrected chi connectivity index (χ4v) is 2.70. The Balaban J connectivity index is 3.37. The van der Waals surface area contributed by atoms with Crippen LogP contribution in [0, 0.1) is 0 Å². The fourth-order valence-electron chi connectivity index (χ4n) is 2.70. The van der Waals surface area contributed by atoms with Gasteiger partial charge in [0.1, 0.15) is 5.60 Å². The number of amides is 1. The SMILES string of the molecule is COC(=O)C1(C(C)=O)CCC(C(C)=O)N1C(=O)OC(C)(C)C.